The molecule has 0 aliphatic carbocycles. The summed E-state index contributed by atoms with van der Waals surface area (Å²) in [5, 5.41) is 2.18. The number of nitrogens with two attached hydrogens (primary N) is 1. The molecule has 0 aromatic carbocycles. The first-order valence-corrected chi connectivity index (χ1v) is 4.72. The average Bonchev–Trinajstić information content (AvgIpc) is 2.34. The summed E-state index contributed by atoms with van der Waals surface area (Å²) in [5.74, 6) is -1.98. The topological polar surface area (TPSA) is 111 Å². The summed E-state index contributed by atoms with van der Waals surface area (Å²) in [6.07, 6.45) is 1.43. The van der Waals surface area contributed by atoms with Crippen molar-refractivity contribution in [1.82, 2.24) is 10.3 Å². The molecule has 0 aliphatic heterocycles. The number of carbonyl (C=O) groups excluding carboxylic acids is 3. The lowest BCUT2D eigenvalue weighted by Crippen LogP contribution is -2.36. The summed E-state index contributed by atoms with van der Waals surface area (Å²) in [6, 6.07) is 4.73. The van der Waals surface area contributed by atoms with Crippen molar-refractivity contribution < 1.29 is 19.1 Å². The SMILES string of the molecule is NC(=O)CNC(=O)COC(=O)c1ccccn1. The van der Waals surface area contributed by atoms with Crippen molar-refractivity contribution >= 4 is 17.8 Å². The fourth-order valence-electron chi connectivity index (χ4n) is 0.925. The number of primary amides is 1. The van der Waals surface area contributed by atoms with Crippen molar-refractivity contribution in [3.05, 3.63) is 30.1 Å². The highest BCUT2D eigenvalue weighted by atomic mass is 16.5. The number of nitrogens with one attached hydrogen (secondary N) is 1. The molecule has 1 rings (SSSR count). The number of hydrogen-bond donors (Lipinski definition) is 2. The third kappa shape index (κ3) is 4.74. The lowest BCUT2D eigenvalue weighted by molar-refractivity contribution is -0.127. The number of nitrogens with zero attached hydrogens (tertiary/aromatic N) is 1. The second-order valence-corrected chi connectivity index (χ2v) is 3.03. The van der Waals surface area contributed by atoms with Crippen LogP contribution in [-0.4, -0.2) is 35.9 Å². The predicted octanol–water partition coefficient (Wildman–Crippen LogP) is -1.16. The van der Waals surface area contributed by atoms with Gasteiger partial charge in [-0.15, -0.1) is 0 Å². The van der Waals surface area contributed by atoms with Crippen LogP contribution in [-0.2, 0) is 14.3 Å². The van der Waals surface area contributed by atoms with E-state index in [2.05, 4.69) is 15.0 Å². The van der Waals surface area contributed by atoms with E-state index in [4.69, 9.17) is 5.73 Å². The number of rotatable bonds is 5. The Labute approximate surface area is 97.0 Å². The van der Waals surface area contributed by atoms with Crippen LogP contribution in [0, 0.1) is 0 Å². The van der Waals surface area contributed by atoms with Crippen molar-refractivity contribution in [2.24, 2.45) is 5.73 Å². The lowest BCUT2D eigenvalue weighted by Gasteiger charge is -2.04. The summed E-state index contributed by atoms with van der Waals surface area (Å²) >= 11 is 0. The van der Waals surface area contributed by atoms with E-state index in [0.717, 1.165) is 0 Å². The van der Waals surface area contributed by atoms with Crippen LogP contribution in [0.15, 0.2) is 24.4 Å². The Balaban J connectivity index is 2.34. The van der Waals surface area contributed by atoms with Gasteiger partial charge in [0.1, 0.15) is 5.69 Å². The molecule has 0 saturated carbocycles. The standard InChI is InChI=1S/C10H11N3O4/c11-8(14)5-13-9(15)6-17-10(16)7-3-1-2-4-12-7/h1-4H,5-6H2,(H2,11,14)(H,13,15). The van der Waals surface area contributed by atoms with Gasteiger partial charge in [-0.2, -0.15) is 0 Å². The normalized spacial score (nSPS) is 9.41. The Morgan fingerprint density at radius 3 is 2.71 bits per heavy atom. The van der Waals surface area contributed by atoms with Crippen LogP contribution in [0.2, 0.25) is 0 Å². The Bertz CT molecular complexity index is 419. The Morgan fingerprint density at radius 1 is 1.35 bits per heavy atom. The zero-order valence-electron chi connectivity index (χ0n) is 8.88. The Kier molecular flexibility index (Phi) is 4.61. The molecule has 90 valence electrons. The van der Waals surface area contributed by atoms with Crippen LogP contribution in [0.4, 0.5) is 0 Å². The highest BCUT2D eigenvalue weighted by Gasteiger charge is 2.10. The van der Waals surface area contributed by atoms with Crippen LogP contribution in [0.25, 0.3) is 0 Å². The van der Waals surface area contributed by atoms with Crippen molar-refractivity contribution in [2.45, 2.75) is 0 Å². The molecule has 0 aliphatic rings. The molecule has 0 unspecified atom stereocenters. The molecule has 1 aromatic rings. The molecular formula is C10H11N3O4. The van der Waals surface area contributed by atoms with E-state index in [-0.39, 0.29) is 12.2 Å². The fraction of sp³-hybridized carbons (Fsp3) is 0.200. The van der Waals surface area contributed by atoms with E-state index in [9.17, 15) is 14.4 Å². The summed E-state index contributed by atoms with van der Waals surface area (Å²) < 4.78 is 4.66. The van der Waals surface area contributed by atoms with Crippen LogP contribution < -0.4 is 11.1 Å². The zero-order valence-corrected chi connectivity index (χ0v) is 8.88. The minimum absolute atomic E-state index is 0.107. The summed E-state index contributed by atoms with van der Waals surface area (Å²) in [4.78, 5) is 36.5. The van der Waals surface area contributed by atoms with Gasteiger partial charge in [-0.3, -0.25) is 9.59 Å². The number of hydrogen-bond acceptors (Lipinski definition) is 5. The predicted molar refractivity (Wildman–Crippen MR) is 56.7 cm³/mol. The van der Waals surface area contributed by atoms with E-state index >= 15 is 0 Å². The van der Waals surface area contributed by atoms with Gasteiger partial charge < -0.3 is 15.8 Å². The average molecular weight is 237 g/mol. The maximum atomic E-state index is 11.3. The van der Waals surface area contributed by atoms with Gasteiger partial charge in [0, 0.05) is 6.20 Å². The summed E-state index contributed by atoms with van der Waals surface area (Å²) in [7, 11) is 0. The van der Waals surface area contributed by atoms with Gasteiger partial charge >= 0.3 is 5.97 Å². The van der Waals surface area contributed by atoms with Crippen molar-refractivity contribution in [2.75, 3.05) is 13.2 Å². The van der Waals surface area contributed by atoms with Gasteiger partial charge in [0.2, 0.25) is 5.91 Å². The van der Waals surface area contributed by atoms with E-state index in [1.807, 2.05) is 0 Å². The van der Waals surface area contributed by atoms with E-state index in [0.29, 0.717) is 0 Å². The zero-order chi connectivity index (χ0) is 12.7. The van der Waals surface area contributed by atoms with Gasteiger partial charge in [-0.1, -0.05) is 6.07 Å². The van der Waals surface area contributed by atoms with Crippen LogP contribution in [0.1, 0.15) is 10.5 Å². The van der Waals surface area contributed by atoms with Crippen molar-refractivity contribution in [3.63, 3.8) is 0 Å². The van der Waals surface area contributed by atoms with Crippen LogP contribution in [0.3, 0.4) is 0 Å². The third-order valence-corrected chi connectivity index (χ3v) is 1.67. The van der Waals surface area contributed by atoms with Crippen LogP contribution in [0.5, 0.6) is 0 Å². The first kappa shape index (κ1) is 12.6. The summed E-state index contributed by atoms with van der Waals surface area (Å²) in [5.41, 5.74) is 4.92. The molecule has 7 nitrogen and oxygen atoms in total. The van der Waals surface area contributed by atoms with Gasteiger partial charge in [0.05, 0.1) is 6.54 Å². The van der Waals surface area contributed by atoms with E-state index in [1.54, 1.807) is 12.1 Å². The maximum Gasteiger partial charge on any atom is 0.357 e. The molecule has 1 heterocycles. The molecule has 0 fully saturated rings. The monoisotopic (exact) mass is 237 g/mol. The largest absolute Gasteiger partial charge is 0.451 e. The van der Waals surface area contributed by atoms with Gasteiger partial charge in [0.15, 0.2) is 6.61 Å². The van der Waals surface area contributed by atoms with Crippen LogP contribution >= 0.6 is 0 Å². The van der Waals surface area contributed by atoms with Gasteiger partial charge in [-0.05, 0) is 12.1 Å². The number of esters is 1. The molecule has 3 N–H and O–H groups in total. The first-order valence-electron chi connectivity index (χ1n) is 4.72. The van der Waals surface area contributed by atoms with Gasteiger partial charge in [-0.25, -0.2) is 9.78 Å². The van der Waals surface area contributed by atoms with Crippen molar-refractivity contribution in [3.8, 4) is 0 Å². The molecule has 0 atom stereocenters. The summed E-state index contributed by atoms with van der Waals surface area (Å²) in [6.45, 7) is -0.775. The number of pyridine rings is 1. The smallest absolute Gasteiger partial charge is 0.357 e. The number of carbonyl (C=O) groups is 3. The van der Waals surface area contributed by atoms with Gasteiger partial charge in [0.25, 0.3) is 5.91 Å². The number of aromatic nitrogens is 1. The minimum Gasteiger partial charge on any atom is -0.451 e. The van der Waals surface area contributed by atoms with E-state index < -0.39 is 24.4 Å². The minimum atomic E-state index is -0.708. The maximum absolute atomic E-state index is 11.3. The molecular weight excluding hydrogens is 226 g/mol. The molecule has 2 amide bonds. The number of amides is 2. The lowest BCUT2D eigenvalue weighted by atomic mass is 10.3. The second-order valence-electron chi connectivity index (χ2n) is 3.03. The Hall–Kier alpha value is -2.44. The first-order chi connectivity index (χ1) is 8.09. The highest BCUT2D eigenvalue weighted by molar-refractivity contribution is 5.90. The molecule has 0 spiro atoms. The number of ether oxygens (including phenoxy) is 1. The second kappa shape index (κ2) is 6.21. The highest BCUT2D eigenvalue weighted by Crippen LogP contribution is 1.96. The molecule has 17 heavy (non-hydrogen) atoms. The fourth-order valence-corrected chi connectivity index (χ4v) is 0.925. The molecule has 0 saturated heterocycles. The third-order valence-electron chi connectivity index (χ3n) is 1.67. The van der Waals surface area contributed by atoms with E-state index in [1.165, 1.54) is 12.3 Å². The molecule has 0 radical (unpaired) electrons. The molecule has 1 aromatic heterocycles. The Morgan fingerprint density at radius 2 is 2.12 bits per heavy atom. The quantitative estimate of drug-likeness (QED) is 0.627. The molecule has 0 bridgehead atoms. The van der Waals surface area contributed by atoms with Crippen molar-refractivity contribution in [1.29, 1.82) is 0 Å². The molecule has 7 heteroatoms.